The zero-order valence-electron chi connectivity index (χ0n) is 10.0. The SMILES string of the molecule is Cc1ccc(N2CCC(C)(C(=O)O)C2)cc1Br. The van der Waals surface area contributed by atoms with Gasteiger partial charge in [-0.15, -0.1) is 0 Å². The molecule has 1 aromatic rings. The lowest BCUT2D eigenvalue weighted by Crippen LogP contribution is -2.31. The fourth-order valence-electron chi connectivity index (χ4n) is 2.13. The minimum Gasteiger partial charge on any atom is -0.481 e. The van der Waals surface area contributed by atoms with Gasteiger partial charge in [-0.2, -0.15) is 0 Å². The Bertz CT molecular complexity index is 461. The number of benzene rings is 1. The van der Waals surface area contributed by atoms with Crippen molar-refractivity contribution in [2.45, 2.75) is 20.3 Å². The van der Waals surface area contributed by atoms with Crippen LogP contribution in [0.2, 0.25) is 0 Å². The van der Waals surface area contributed by atoms with Crippen LogP contribution in [0, 0.1) is 12.3 Å². The summed E-state index contributed by atoms with van der Waals surface area (Å²) in [6.07, 6.45) is 0.702. The highest BCUT2D eigenvalue weighted by molar-refractivity contribution is 9.10. The van der Waals surface area contributed by atoms with E-state index in [1.54, 1.807) is 0 Å². The van der Waals surface area contributed by atoms with Crippen molar-refractivity contribution in [3.63, 3.8) is 0 Å². The minimum atomic E-state index is -0.703. The Morgan fingerprint density at radius 1 is 1.53 bits per heavy atom. The Balaban J connectivity index is 2.21. The molecule has 1 N–H and O–H groups in total. The summed E-state index contributed by atoms with van der Waals surface area (Å²) in [7, 11) is 0. The number of carboxylic acid groups (broad SMARTS) is 1. The summed E-state index contributed by atoms with van der Waals surface area (Å²) in [6, 6.07) is 6.16. The van der Waals surface area contributed by atoms with Gasteiger partial charge >= 0.3 is 5.97 Å². The third-order valence-electron chi connectivity index (χ3n) is 3.51. The quantitative estimate of drug-likeness (QED) is 0.912. The molecule has 92 valence electrons. The first-order valence-corrected chi connectivity index (χ1v) is 6.46. The van der Waals surface area contributed by atoms with E-state index in [1.807, 2.05) is 19.9 Å². The summed E-state index contributed by atoms with van der Waals surface area (Å²) < 4.78 is 1.07. The topological polar surface area (TPSA) is 40.5 Å². The second kappa shape index (κ2) is 4.33. The maximum absolute atomic E-state index is 11.2. The second-order valence-corrected chi connectivity index (χ2v) is 5.83. The largest absolute Gasteiger partial charge is 0.481 e. The summed E-state index contributed by atoms with van der Waals surface area (Å²) in [5.41, 5.74) is 1.67. The van der Waals surface area contributed by atoms with Crippen molar-refractivity contribution in [1.29, 1.82) is 0 Å². The van der Waals surface area contributed by atoms with Crippen molar-refractivity contribution >= 4 is 27.6 Å². The molecule has 1 atom stereocenters. The summed E-state index contributed by atoms with van der Waals surface area (Å²) in [4.78, 5) is 13.3. The molecule has 0 aromatic heterocycles. The van der Waals surface area contributed by atoms with Crippen LogP contribution < -0.4 is 4.90 Å². The zero-order chi connectivity index (χ0) is 12.6. The molecule has 1 aliphatic rings. The van der Waals surface area contributed by atoms with Crippen molar-refractivity contribution in [3.05, 3.63) is 28.2 Å². The molecule has 0 saturated carbocycles. The van der Waals surface area contributed by atoms with E-state index in [0.717, 1.165) is 16.7 Å². The highest BCUT2D eigenvalue weighted by Gasteiger charge is 2.40. The predicted octanol–water partition coefficient (Wildman–Crippen LogP) is 3.06. The fraction of sp³-hybridized carbons (Fsp3) is 0.462. The van der Waals surface area contributed by atoms with E-state index in [9.17, 15) is 9.90 Å². The Hall–Kier alpha value is -1.03. The van der Waals surface area contributed by atoms with Gasteiger partial charge in [0.05, 0.1) is 5.41 Å². The molecule has 0 bridgehead atoms. The molecule has 0 radical (unpaired) electrons. The van der Waals surface area contributed by atoms with Crippen LogP contribution in [0.25, 0.3) is 0 Å². The van der Waals surface area contributed by atoms with Gasteiger partial charge in [0, 0.05) is 23.2 Å². The first-order valence-electron chi connectivity index (χ1n) is 5.67. The number of aliphatic carboxylic acids is 1. The van der Waals surface area contributed by atoms with Gasteiger partial charge in [-0.3, -0.25) is 4.79 Å². The van der Waals surface area contributed by atoms with Gasteiger partial charge in [-0.05, 0) is 38.0 Å². The van der Waals surface area contributed by atoms with Crippen molar-refractivity contribution in [2.24, 2.45) is 5.41 Å². The van der Waals surface area contributed by atoms with Crippen molar-refractivity contribution in [1.82, 2.24) is 0 Å². The molecular weight excluding hydrogens is 282 g/mol. The van der Waals surface area contributed by atoms with Gasteiger partial charge < -0.3 is 10.0 Å². The Labute approximate surface area is 110 Å². The number of carbonyl (C=O) groups is 1. The fourth-order valence-corrected chi connectivity index (χ4v) is 2.50. The molecule has 2 rings (SSSR count). The van der Waals surface area contributed by atoms with E-state index in [2.05, 4.69) is 33.0 Å². The van der Waals surface area contributed by atoms with Gasteiger partial charge in [-0.25, -0.2) is 0 Å². The summed E-state index contributed by atoms with van der Waals surface area (Å²) in [6.45, 7) is 5.24. The lowest BCUT2D eigenvalue weighted by Gasteiger charge is -2.22. The predicted molar refractivity (Wildman–Crippen MR) is 71.5 cm³/mol. The number of aryl methyl sites for hydroxylation is 1. The van der Waals surface area contributed by atoms with E-state index in [1.165, 1.54) is 5.56 Å². The molecule has 1 unspecified atom stereocenters. The monoisotopic (exact) mass is 297 g/mol. The standard InChI is InChI=1S/C13H16BrNO2/c1-9-3-4-10(7-11(9)14)15-6-5-13(2,8-15)12(16)17/h3-4,7H,5-6,8H2,1-2H3,(H,16,17). The van der Waals surface area contributed by atoms with Crippen LogP contribution in [-0.2, 0) is 4.79 Å². The van der Waals surface area contributed by atoms with Gasteiger partial charge in [0.2, 0.25) is 0 Å². The molecule has 0 amide bonds. The number of rotatable bonds is 2. The average molecular weight is 298 g/mol. The minimum absolute atomic E-state index is 0.581. The summed E-state index contributed by atoms with van der Waals surface area (Å²) >= 11 is 3.51. The number of carboxylic acids is 1. The van der Waals surface area contributed by atoms with Gasteiger partial charge in [-0.1, -0.05) is 22.0 Å². The van der Waals surface area contributed by atoms with Crippen molar-refractivity contribution in [3.8, 4) is 0 Å². The number of hydrogen-bond donors (Lipinski definition) is 1. The van der Waals surface area contributed by atoms with Crippen LogP contribution in [0.15, 0.2) is 22.7 Å². The van der Waals surface area contributed by atoms with E-state index < -0.39 is 11.4 Å². The Morgan fingerprint density at radius 3 is 2.76 bits per heavy atom. The van der Waals surface area contributed by atoms with Gasteiger partial charge in [0.15, 0.2) is 0 Å². The van der Waals surface area contributed by atoms with Crippen molar-refractivity contribution < 1.29 is 9.90 Å². The molecule has 0 aliphatic carbocycles. The van der Waals surface area contributed by atoms with E-state index in [0.29, 0.717) is 13.0 Å². The number of hydrogen-bond acceptors (Lipinski definition) is 2. The highest BCUT2D eigenvalue weighted by Crippen LogP contribution is 2.34. The lowest BCUT2D eigenvalue weighted by atomic mass is 9.90. The number of halogens is 1. The van der Waals surface area contributed by atoms with Gasteiger partial charge in [0.25, 0.3) is 0 Å². The van der Waals surface area contributed by atoms with Crippen LogP contribution in [0.4, 0.5) is 5.69 Å². The molecule has 1 fully saturated rings. The maximum atomic E-state index is 11.2. The van der Waals surface area contributed by atoms with Crippen LogP contribution in [0.5, 0.6) is 0 Å². The van der Waals surface area contributed by atoms with Crippen LogP contribution >= 0.6 is 15.9 Å². The molecule has 1 aromatic carbocycles. The van der Waals surface area contributed by atoms with E-state index in [-0.39, 0.29) is 0 Å². The van der Waals surface area contributed by atoms with E-state index in [4.69, 9.17) is 0 Å². The second-order valence-electron chi connectivity index (χ2n) is 4.97. The summed E-state index contributed by atoms with van der Waals surface area (Å²) in [5, 5.41) is 9.20. The van der Waals surface area contributed by atoms with Crippen molar-refractivity contribution in [2.75, 3.05) is 18.0 Å². The molecular formula is C13H16BrNO2. The molecule has 1 heterocycles. The average Bonchev–Trinajstić information content (AvgIpc) is 2.67. The normalized spacial score (nSPS) is 24.1. The summed E-state index contributed by atoms with van der Waals surface area (Å²) in [5.74, 6) is -0.703. The van der Waals surface area contributed by atoms with Crippen LogP contribution in [0.3, 0.4) is 0 Å². The molecule has 17 heavy (non-hydrogen) atoms. The van der Waals surface area contributed by atoms with E-state index >= 15 is 0 Å². The third kappa shape index (κ3) is 2.32. The Kier molecular flexibility index (Phi) is 3.17. The van der Waals surface area contributed by atoms with Crippen LogP contribution in [0.1, 0.15) is 18.9 Å². The Morgan fingerprint density at radius 2 is 2.24 bits per heavy atom. The number of anilines is 1. The molecule has 3 nitrogen and oxygen atoms in total. The zero-order valence-corrected chi connectivity index (χ0v) is 11.6. The first kappa shape index (κ1) is 12.4. The maximum Gasteiger partial charge on any atom is 0.311 e. The first-order chi connectivity index (χ1) is 7.92. The van der Waals surface area contributed by atoms with Crippen LogP contribution in [-0.4, -0.2) is 24.2 Å². The highest BCUT2D eigenvalue weighted by atomic mass is 79.9. The third-order valence-corrected chi connectivity index (χ3v) is 4.36. The number of nitrogens with zero attached hydrogens (tertiary/aromatic N) is 1. The van der Waals surface area contributed by atoms with Gasteiger partial charge in [0.1, 0.15) is 0 Å². The molecule has 1 saturated heterocycles. The molecule has 0 spiro atoms. The molecule has 1 aliphatic heterocycles. The molecule has 4 heteroatoms. The lowest BCUT2D eigenvalue weighted by molar-refractivity contribution is -0.146. The smallest absolute Gasteiger partial charge is 0.311 e.